The standard InChI is InChI=1S/C9H14O3/c10-6-8-3-1-2-7(8)4-5-9(11)12/h6-8H,1-5H2,(H,11,12). The Balaban J connectivity index is 2.30. The first-order valence-corrected chi connectivity index (χ1v) is 4.41. The van der Waals surface area contributed by atoms with Gasteiger partial charge in [-0.2, -0.15) is 0 Å². The molecule has 0 aromatic rings. The molecule has 3 nitrogen and oxygen atoms in total. The SMILES string of the molecule is O=CC1CCCC1CCC(=O)O. The van der Waals surface area contributed by atoms with Gasteiger partial charge in [-0.25, -0.2) is 0 Å². The molecular weight excluding hydrogens is 156 g/mol. The highest BCUT2D eigenvalue weighted by Gasteiger charge is 2.26. The van der Waals surface area contributed by atoms with E-state index in [1.807, 2.05) is 0 Å². The zero-order valence-electron chi connectivity index (χ0n) is 7.03. The molecule has 0 aromatic carbocycles. The van der Waals surface area contributed by atoms with E-state index in [9.17, 15) is 9.59 Å². The summed E-state index contributed by atoms with van der Waals surface area (Å²) < 4.78 is 0. The minimum Gasteiger partial charge on any atom is -0.481 e. The van der Waals surface area contributed by atoms with Gasteiger partial charge in [0.25, 0.3) is 0 Å². The van der Waals surface area contributed by atoms with Crippen molar-refractivity contribution in [1.29, 1.82) is 0 Å². The van der Waals surface area contributed by atoms with E-state index in [-0.39, 0.29) is 12.3 Å². The number of hydrogen-bond donors (Lipinski definition) is 1. The molecule has 0 aliphatic heterocycles. The molecule has 1 rings (SSSR count). The molecule has 0 aromatic heterocycles. The van der Waals surface area contributed by atoms with E-state index in [4.69, 9.17) is 5.11 Å². The van der Waals surface area contributed by atoms with Gasteiger partial charge < -0.3 is 9.90 Å². The van der Waals surface area contributed by atoms with Gasteiger partial charge in [-0.1, -0.05) is 6.42 Å². The van der Waals surface area contributed by atoms with Gasteiger partial charge >= 0.3 is 5.97 Å². The van der Waals surface area contributed by atoms with Crippen LogP contribution in [0.4, 0.5) is 0 Å². The second-order valence-corrected chi connectivity index (χ2v) is 3.42. The van der Waals surface area contributed by atoms with E-state index >= 15 is 0 Å². The van der Waals surface area contributed by atoms with Gasteiger partial charge in [-0.15, -0.1) is 0 Å². The Hall–Kier alpha value is -0.860. The third-order valence-electron chi connectivity index (χ3n) is 2.62. The van der Waals surface area contributed by atoms with Crippen LogP contribution in [0.2, 0.25) is 0 Å². The molecule has 1 fully saturated rings. The molecule has 2 unspecified atom stereocenters. The lowest BCUT2D eigenvalue weighted by Gasteiger charge is -2.11. The number of aldehydes is 1. The van der Waals surface area contributed by atoms with E-state index < -0.39 is 5.97 Å². The van der Waals surface area contributed by atoms with Crippen LogP contribution in [0.25, 0.3) is 0 Å². The molecule has 1 N–H and O–H groups in total. The van der Waals surface area contributed by atoms with Crippen molar-refractivity contribution < 1.29 is 14.7 Å². The van der Waals surface area contributed by atoms with Crippen LogP contribution in [-0.2, 0) is 9.59 Å². The number of carboxylic acid groups (broad SMARTS) is 1. The Bertz CT molecular complexity index is 177. The van der Waals surface area contributed by atoms with Crippen molar-refractivity contribution in [2.24, 2.45) is 11.8 Å². The summed E-state index contributed by atoms with van der Waals surface area (Å²) in [6, 6.07) is 0. The summed E-state index contributed by atoms with van der Waals surface area (Å²) in [6.07, 6.45) is 4.91. The number of carboxylic acids is 1. The fourth-order valence-electron chi connectivity index (χ4n) is 1.91. The Labute approximate surface area is 71.8 Å². The van der Waals surface area contributed by atoms with Crippen LogP contribution in [0.5, 0.6) is 0 Å². The molecule has 1 aliphatic rings. The van der Waals surface area contributed by atoms with Crippen LogP contribution in [-0.4, -0.2) is 17.4 Å². The van der Waals surface area contributed by atoms with Gasteiger partial charge in [0.15, 0.2) is 0 Å². The first-order chi connectivity index (χ1) is 5.74. The molecule has 1 aliphatic carbocycles. The van der Waals surface area contributed by atoms with Gasteiger partial charge in [0.05, 0.1) is 0 Å². The predicted octanol–water partition coefficient (Wildman–Crippen LogP) is 1.47. The first kappa shape index (κ1) is 9.23. The third-order valence-corrected chi connectivity index (χ3v) is 2.62. The highest BCUT2D eigenvalue weighted by Crippen LogP contribution is 2.33. The summed E-state index contributed by atoms with van der Waals surface area (Å²) in [5.41, 5.74) is 0. The highest BCUT2D eigenvalue weighted by atomic mass is 16.4. The van der Waals surface area contributed by atoms with Gasteiger partial charge in [0.2, 0.25) is 0 Å². The molecule has 68 valence electrons. The van der Waals surface area contributed by atoms with Crippen molar-refractivity contribution >= 4 is 12.3 Å². The van der Waals surface area contributed by atoms with Crippen molar-refractivity contribution in [1.82, 2.24) is 0 Å². The van der Waals surface area contributed by atoms with Crippen molar-refractivity contribution in [2.45, 2.75) is 32.1 Å². The first-order valence-electron chi connectivity index (χ1n) is 4.41. The summed E-state index contributed by atoms with van der Waals surface area (Å²) in [7, 11) is 0. The van der Waals surface area contributed by atoms with Gasteiger partial charge in [0, 0.05) is 12.3 Å². The molecule has 3 heteroatoms. The number of carbonyl (C=O) groups is 2. The second-order valence-electron chi connectivity index (χ2n) is 3.42. The Kier molecular flexibility index (Phi) is 3.26. The molecule has 1 saturated carbocycles. The molecule has 0 spiro atoms. The van der Waals surface area contributed by atoms with E-state index in [0.29, 0.717) is 12.3 Å². The molecule has 0 bridgehead atoms. The fourth-order valence-corrected chi connectivity index (χ4v) is 1.91. The van der Waals surface area contributed by atoms with Crippen LogP contribution in [0.15, 0.2) is 0 Å². The summed E-state index contributed by atoms with van der Waals surface area (Å²) >= 11 is 0. The normalized spacial score (nSPS) is 28.7. The predicted molar refractivity (Wildman–Crippen MR) is 43.8 cm³/mol. The maximum absolute atomic E-state index is 10.5. The van der Waals surface area contributed by atoms with E-state index in [1.54, 1.807) is 0 Å². The van der Waals surface area contributed by atoms with E-state index in [0.717, 1.165) is 25.5 Å². The molecule has 2 atom stereocenters. The van der Waals surface area contributed by atoms with Crippen LogP contribution in [0, 0.1) is 11.8 Å². The highest BCUT2D eigenvalue weighted by molar-refractivity contribution is 5.66. The van der Waals surface area contributed by atoms with Crippen molar-refractivity contribution in [3.63, 3.8) is 0 Å². The monoisotopic (exact) mass is 170 g/mol. The zero-order valence-corrected chi connectivity index (χ0v) is 7.03. The molecule has 0 amide bonds. The minimum absolute atomic E-state index is 0.129. The molecular formula is C9H14O3. The van der Waals surface area contributed by atoms with Crippen molar-refractivity contribution in [2.75, 3.05) is 0 Å². The number of rotatable bonds is 4. The average Bonchev–Trinajstić information content (AvgIpc) is 2.47. The minimum atomic E-state index is -0.758. The topological polar surface area (TPSA) is 54.4 Å². The average molecular weight is 170 g/mol. The lowest BCUT2D eigenvalue weighted by atomic mass is 9.93. The largest absolute Gasteiger partial charge is 0.481 e. The molecule has 0 saturated heterocycles. The molecule has 0 radical (unpaired) electrons. The van der Waals surface area contributed by atoms with Gasteiger partial charge in [-0.05, 0) is 25.2 Å². The molecule has 0 heterocycles. The van der Waals surface area contributed by atoms with Crippen LogP contribution in [0.1, 0.15) is 32.1 Å². The maximum Gasteiger partial charge on any atom is 0.303 e. The van der Waals surface area contributed by atoms with Crippen molar-refractivity contribution in [3.8, 4) is 0 Å². The Morgan fingerprint density at radius 3 is 2.83 bits per heavy atom. The van der Waals surface area contributed by atoms with E-state index in [1.165, 1.54) is 0 Å². The Morgan fingerprint density at radius 1 is 1.50 bits per heavy atom. The van der Waals surface area contributed by atoms with Gasteiger partial charge in [0.1, 0.15) is 6.29 Å². The third kappa shape index (κ3) is 2.32. The molecule has 12 heavy (non-hydrogen) atoms. The number of aliphatic carboxylic acids is 1. The maximum atomic E-state index is 10.5. The number of carbonyl (C=O) groups excluding carboxylic acids is 1. The van der Waals surface area contributed by atoms with Crippen LogP contribution >= 0.6 is 0 Å². The van der Waals surface area contributed by atoms with Gasteiger partial charge in [-0.3, -0.25) is 4.79 Å². The van der Waals surface area contributed by atoms with E-state index in [2.05, 4.69) is 0 Å². The van der Waals surface area contributed by atoms with Crippen LogP contribution in [0.3, 0.4) is 0 Å². The lowest BCUT2D eigenvalue weighted by molar-refractivity contribution is -0.137. The van der Waals surface area contributed by atoms with Crippen molar-refractivity contribution in [3.05, 3.63) is 0 Å². The summed E-state index contributed by atoms with van der Waals surface area (Å²) in [4.78, 5) is 20.8. The number of hydrogen-bond acceptors (Lipinski definition) is 2. The summed E-state index contributed by atoms with van der Waals surface area (Å²) in [5.74, 6) is -0.297. The Morgan fingerprint density at radius 2 is 2.25 bits per heavy atom. The fraction of sp³-hybridized carbons (Fsp3) is 0.778. The zero-order chi connectivity index (χ0) is 8.97. The summed E-state index contributed by atoms with van der Waals surface area (Å²) in [6.45, 7) is 0. The van der Waals surface area contributed by atoms with Crippen LogP contribution < -0.4 is 0 Å². The smallest absolute Gasteiger partial charge is 0.303 e. The quantitative estimate of drug-likeness (QED) is 0.650. The lowest BCUT2D eigenvalue weighted by Crippen LogP contribution is -2.10. The summed E-state index contributed by atoms with van der Waals surface area (Å²) in [5, 5.41) is 8.44. The second kappa shape index (κ2) is 4.24.